The van der Waals surface area contributed by atoms with Crippen LogP contribution < -0.4 is 10.2 Å². The van der Waals surface area contributed by atoms with Gasteiger partial charge in [0.2, 0.25) is 0 Å². The Morgan fingerprint density at radius 1 is 1.10 bits per heavy atom. The van der Waals surface area contributed by atoms with E-state index in [2.05, 4.69) is 59.3 Å². The van der Waals surface area contributed by atoms with E-state index in [9.17, 15) is 18.8 Å². The fourth-order valence-electron chi connectivity index (χ4n) is 5.00. The summed E-state index contributed by atoms with van der Waals surface area (Å²) in [5.41, 5.74) is 5.91. The lowest BCUT2D eigenvalue weighted by atomic mass is 10.1. The second-order valence-electron chi connectivity index (χ2n) is 9.43. The van der Waals surface area contributed by atoms with Gasteiger partial charge in [0.05, 0.1) is 13.2 Å². The van der Waals surface area contributed by atoms with Crippen LogP contribution in [0, 0.1) is 11.3 Å². The van der Waals surface area contributed by atoms with Gasteiger partial charge in [-0.05, 0) is 91.9 Å². The van der Waals surface area contributed by atoms with Gasteiger partial charge in [-0.3, -0.25) is 4.79 Å². The first-order chi connectivity index (χ1) is 19.4. The number of nitriles is 1. The number of halogens is 2. The molecule has 2 aliphatic rings. The van der Waals surface area contributed by atoms with Gasteiger partial charge >= 0.3 is 0 Å². The number of benzene rings is 2. The van der Waals surface area contributed by atoms with Crippen LogP contribution in [0.5, 0.6) is 0 Å². The van der Waals surface area contributed by atoms with Crippen LogP contribution in [0.4, 0.5) is 20.2 Å². The molecule has 1 saturated heterocycles. The van der Waals surface area contributed by atoms with Crippen LogP contribution in [0.2, 0.25) is 0 Å². The van der Waals surface area contributed by atoms with Crippen LogP contribution in [0.1, 0.15) is 32.3 Å². The van der Waals surface area contributed by atoms with Crippen molar-refractivity contribution in [3.05, 3.63) is 82.6 Å². The van der Waals surface area contributed by atoms with Crippen molar-refractivity contribution < 1.29 is 18.3 Å². The molecule has 40 heavy (non-hydrogen) atoms. The SMILES string of the molecule is CCN(CC)c1ccc(C=C2CCC(C=C(C#N)C(=O)Nc3ccc(SC(F)F)cc3)=C2N2CCOCC2)cc1. The van der Waals surface area contributed by atoms with E-state index in [0.717, 1.165) is 49.4 Å². The molecule has 6 nitrogen and oxygen atoms in total. The highest BCUT2D eigenvalue weighted by Crippen LogP contribution is 2.37. The monoisotopic (exact) mass is 564 g/mol. The first kappa shape index (κ1) is 29.4. The predicted octanol–water partition coefficient (Wildman–Crippen LogP) is 6.70. The van der Waals surface area contributed by atoms with Crippen LogP contribution >= 0.6 is 11.8 Å². The Kier molecular flexibility index (Phi) is 10.4. The zero-order chi connectivity index (χ0) is 28.5. The zero-order valence-electron chi connectivity index (χ0n) is 22.8. The summed E-state index contributed by atoms with van der Waals surface area (Å²) in [6.45, 7) is 8.92. The second kappa shape index (κ2) is 14.1. The summed E-state index contributed by atoms with van der Waals surface area (Å²) in [5.74, 6) is -3.05. The summed E-state index contributed by atoms with van der Waals surface area (Å²) in [6.07, 6.45) is 5.40. The third kappa shape index (κ3) is 7.52. The molecule has 1 N–H and O–H groups in total. The van der Waals surface area contributed by atoms with Gasteiger partial charge in [-0.25, -0.2) is 0 Å². The average molecular weight is 565 g/mol. The van der Waals surface area contributed by atoms with E-state index in [0.29, 0.717) is 42.0 Å². The Balaban J connectivity index is 1.60. The van der Waals surface area contributed by atoms with E-state index in [1.807, 2.05) is 6.07 Å². The molecule has 0 radical (unpaired) electrons. The van der Waals surface area contributed by atoms with E-state index >= 15 is 0 Å². The molecule has 1 amide bonds. The minimum atomic E-state index is -2.51. The van der Waals surface area contributed by atoms with E-state index in [4.69, 9.17) is 4.74 Å². The number of allylic oxidation sites excluding steroid dienone is 3. The maximum Gasteiger partial charge on any atom is 0.288 e. The topological polar surface area (TPSA) is 68.6 Å². The van der Waals surface area contributed by atoms with Crippen LogP contribution in [0.15, 0.2) is 81.9 Å². The Morgan fingerprint density at radius 3 is 2.38 bits per heavy atom. The third-order valence-corrected chi connectivity index (χ3v) is 7.71. The van der Waals surface area contributed by atoms with Gasteiger partial charge in [-0.15, -0.1) is 0 Å². The van der Waals surface area contributed by atoms with Crippen molar-refractivity contribution in [1.82, 2.24) is 4.90 Å². The maximum absolute atomic E-state index is 13.0. The molecule has 1 aliphatic carbocycles. The van der Waals surface area contributed by atoms with E-state index in [1.54, 1.807) is 18.2 Å². The molecule has 0 aromatic heterocycles. The van der Waals surface area contributed by atoms with Gasteiger partial charge in [0.25, 0.3) is 11.7 Å². The number of amides is 1. The van der Waals surface area contributed by atoms with Crippen molar-refractivity contribution >= 4 is 35.1 Å². The van der Waals surface area contributed by atoms with Crippen molar-refractivity contribution in [3.8, 4) is 6.07 Å². The Hall–Kier alpha value is -3.61. The number of anilines is 2. The van der Waals surface area contributed by atoms with Crippen molar-refractivity contribution in [2.45, 2.75) is 37.3 Å². The first-order valence-electron chi connectivity index (χ1n) is 13.5. The number of hydrogen-bond donors (Lipinski definition) is 1. The lowest BCUT2D eigenvalue weighted by Crippen LogP contribution is -2.36. The molecule has 4 rings (SSSR count). The molecule has 1 fully saturated rings. The number of ether oxygens (including phenoxy) is 1. The molecule has 2 aromatic carbocycles. The van der Waals surface area contributed by atoms with Crippen LogP contribution in [-0.4, -0.2) is 56.0 Å². The van der Waals surface area contributed by atoms with Crippen LogP contribution in [-0.2, 0) is 9.53 Å². The van der Waals surface area contributed by atoms with Gasteiger partial charge in [0.15, 0.2) is 0 Å². The molecule has 1 aliphatic heterocycles. The maximum atomic E-state index is 13.0. The number of hydrogen-bond acceptors (Lipinski definition) is 6. The van der Waals surface area contributed by atoms with Crippen molar-refractivity contribution in [3.63, 3.8) is 0 Å². The largest absolute Gasteiger partial charge is 0.378 e. The van der Waals surface area contributed by atoms with Crippen LogP contribution in [0.3, 0.4) is 0 Å². The quantitative estimate of drug-likeness (QED) is 0.197. The number of thioether (sulfide) groups is 1. The third-order valence-electron chi connectivity index (χ3n) is 6.98. The van der Waals surface area contributed by atoms with Gasteiger partial charge in [-0.1, -0.05) is 23.9 Å². The summed E-state index contributed by atoms with van der Waals surface area (Å²) in [7, 11) is 0. The lowest BCUT2D eigenvalue weighted by molar-refractivity contribution is -0.112. The molecule has 1 heterocycles. The second-order valence-corrected chi connectivity index (χ2v) is 10.5. The number of nitrogens with one attached hydrogen (secondary N) is 1. The minimum Gasteiger partial charge on any atom is -0.378 e. The summed E-state index contributed by atoms with van der Waals surface area (Å²) in [5, 5.41) is 12.6. The number of carbonyl (C=O) groups excluding carboxylic acids is 1. The fraction of sp³-hybridized carbons (Fsp3) is 0.355. The minimum absolute atomic E-state index is 0.00313. The van der Waals surface area contributed by atoms with Gasteiger partial charge in [-0.2, -0.15) is 14.0 Å². The normalized spacial score (nSPS) is 16.9. The summed E-state index contributed by atoms with van der Waals surface area (Å²) < 4.78 is 30.8. The number of rotatable bonds is 10. The summed E-state index contributed by atoms with van der Waals surface area (Å²) in [4.78, 5) is 18.0. The van der Waals surface area contributed by atoms with Gasteiger partial charge in [0.1, 0.15) is 11.6 Å². The number of carbonyl (C=O) groups is 1. The molecule has 0 unspecified atom stereocenters. The van der Waals surface area contributed by atoms with E-state index in [1.165, 1.54) is 23.4 Å². The highest BCUT2D eigenvalue weighted by Gasteiger charge is 2.26. The average Bonchev–Trinajstić information content (AvgIpc) is 3.36. The van der Waals surface area contributed by atoms with Gasteiger partial charge in [0, 0.05) is 48.1 Å². The number of alkyl halides is 2. The zero-order valence-corrected chi connectivity index (χ0v) is 23.6. The van der Waals surface area contributed by atoms with E-state index in [-0.39, 0.29) is 5.57 Å². The molecule has 0 bridgehead atoms. The van der Waals surface area contributed by atoms with Crippen LogP contribution in [0.25, 0.3) is 6.08 Å². The number of morpholine rings is 1. The molecular formula is C31H34F2N4O2S. The fourth-order valence-corrected chi connectivity index (χ4v) is 5.50. The molecule has 0 saturated carbocycles. The lowest BCUT2D eigenvalue weighted by Gasteiger charge is -2.31. The van der Waals surface area contributed by atoms with Crippen molar-refractivity contribution in [2.75, 3.05) is 49.6 Å². The Bertz CT molecular complexity index is 1300. The van der Waals surface area contributed by atoms with Gasteiger partial charge < -0.3 is 19.9 Å². The smallest absolute Gasteiger partial charge is 0.288 e. The first-order valence-corrected chi connectivity index (χ1v) is 14.4. The molecule has 2 aromatic rings. The highest BCUT2D eigenvalue weighted by molar-refractivity contribution is 7.99. The molecule has 210 valence electrons. The molecule has 9 heteroatoms. The summed E-state index contributed by atoms with van der Waals surface area (Å²) in [6, 6.07) is 16.7. The number of nitrogens with zero attached hydrogens (tertiary/aromatic N) is 3. The molecular weight excluding hydrogens is 530 g/mol. The standard InChI is InChI=1S/C31H34F2N4O2S/c1-3-36(4-2)27-11-5-22(6-12-27)19-23-7-8-24(29(23)37-15-17-39-18-16-37)20-25(21-34)30(38)35-26-9-13-28(14-10-26)40-31(32)33/h5-6,9-14,19-20,31H,3-4,7-8,15-18H2,1-2H3,(H,35,38). The summed E-state index contributed by atoms with van der Waals surface area (Å²) >= 11 is 0.439. The molecule has 0 atom stereocenters. The predicted molar refractivity (Wildman–Crippen MR) is 157 cm³/mol. The Labute approximate surface area is 239 Å². The van der Waals surface area contributed by atoms with E-state index < -0.39 is 11.7 Å². The molecule has 0 spiro atoms. The van der Waals surface area contributed by atoms with Crippen molar-refractivity contribution in [1.29, 1.82) is 5.26 Å². The Morgan fingerprint density at radius 2 is 1.77 bits per heavy atom. The highest BCUT2D eigenvalue weighted by atomic mass is 32.2. The van der Waals surface area contributed by atoms with Crippen molar-refractivity contribution in [2.24, 2.45) is 0 Å².